The van der Waals surface area contributed by atoms with Gasteiger partial charge < -0.3 is 4.74 Å². The Morgan fingerprint density at radius 2 is 2.14 bits per heavy atom. The molecule has 0 bridgehead atoms. The molecule has 0 fully saturated rings. The molecular weight excluding hydrogens is 528 g/mol. The number of halogens is 2. The zero-order valence-corrected chi connectivity index (χ0v) is 20.0. The SMILES string of the molecule is CC(C)(C)OC1CCc2c(S(=O)(=O)Nc3ccc(C#N)cc3F)cn(SI)c2C1. The Labute approximate surface area is 186 Å². The molecule has 1 aliphatic rings. The highest BCUT2D eigenvalue weighted by Crippen LogP contribution is 2.36. The molecule has 1 unspecified atom stereocenters. The minimum absolute atomic E-state index is 0.0131. The van der Waals surface area contributed by atoms with E-state index in [9.17, 15) is 12.8 Å². The van der Waals surface area contributed by atoms with E-state index >= 15 is 0 Å². The van der Waals surface area contributed by atoms with Gasteiger partial charge in [-0.15, -0.1) is 0 Å². The number of fused-ring (bicyclic) bond motifs is 1. The number of nitrogens with one attached hydrogen (secondary N) is 1. The van der Waals surface area contributed by atoms with Gasteiger partial charge in [0, 0.05) is 48.6 Å². The third-order valence-electron chi connectivity index (χ3n) is 4.51. The maximum Gasteiger partial charge on any atom is 0.263 e. The lowest BCUT2D eigenvalue weighted by Gasteiger charge is -2.31. The van der Waals surface area contributed by atoms with Crippen molar-refractivity contribution in [1.82, 2.24) is 3.97 Å². The molecule has 0 saturated heterocycles. The molecule has 0 spiro atoms. The summed E-state index contributed by atoms with van der Waals surface area (Å²) in [7, 11) is -2.61. The van der Waals surface area contributed by atoms with Crippen molar-refractivity contribution < 1.29 is 17.5 Å². The van der Waals surface area contributed by atoms with Crippen molar-refractivity contribution >= 4 is 46.0 Å². The van der Waals surface area contributed by atoms with E-state index in [0.29, 0.717) is 19.3 Å². The zero-order valence-electron chi connectivity index (χ0n) is 16.2. The van der Waals surface area contributed by atoms with Gasteiger partial charge >= 0.3 is 0 Å². The highest BCUT2D eigenvalue weighted by atomic mass is 127. The van der Waals surface area contributed by atoms with Gasteiger partial charge in [-0.25, -0.2) is 12.8 Å². The molecule has 0 aliphatic heterocycles. The second-order valence-electron chi connectivity index (χ2n) is 7.82. The Bertz CT molecular complexity index is 1070. The van der Waals surface area contributed by atoms with Crippen LogP contribution in [0.1, 0.15) is 44.0 Å². The molecule has 6 nitrogen and oxygen atoms in total. The summed E-state index contributed by atoms with van der Waals surface area (Å²) in [6.45, 7) is 6.00. The molecule has 1 N–H and O–H groups in total. The fraction of sp³-hybridized carbons (Fsp3) is 0.421. The van der Waals surface area contributed by atoms with Crippen LogP contribution in [0.15, 0.2) is 29.3 Å². The normalized spacial score (nSPS) is 16.9. The molecule has 1 aromatic heterocycles. The maximum absolute atomic E-state index is 14.2. The number of hydrogen-bond acceptors (Lipinski definition) is 5. The first-order valence-corrected chi connectivity index (χ1v) is 13.8. The molecule has 1 atom stereocenters. The number of aromatic nitrogens is 1. The molecule has 10 heteroatoms. The Morgan fingerprint density at radius 3 is 2.72 bits per heavy atom. The highest BCUT2D eigenvalue weighted by molar-refractivity contribution is 14.2. The Hall–Kier alpha value is -1.29. The van der Waals surface area contributed by atoms with E-state index in [2.05, 4.69) is 25.9 Å². The van der Waals surface area contributed by atoms with Crippen molar-refractivity contribution in [2.45, 2.75) is 56.6 Å². The largest absolute Gasteiger partial charge is 0.372 e. The number of benzene rings is 1. The van der Waals surface area contributed by atoms with Crippen LogP contribution in [-0.2, 0) is 27.6 Å². The molecule has 0 amide bonds. The molecule has 1 heterocycles. The van der Waals surface area contributed by atoms with Crippen molar-refractivity contribution in [3.8, 4) is 6.07 Å². The third-order valence-corrected chi connectivity index (χ3v) is 7.68. The quantitative estimate of drug-likeness (QED) is 0.541. The standard InChI is InChI=1S/C19H21FIN3O3S2/c1-19(2,3)27-13-5-6-14-17(9-13)24(28-21)11-18(14)29(25,26)23-16-7-4-12(10-22)8-15(16)20/h4,7-8,11,13,23H,5-6,9H2,1-3H3. The van der Waals surface area contributed by atoms with Gasteiger partial charge in [0.25, 0.3) is 10.0 Å². The summed E-state index contributed by atoms with van der Waals surface area (Å²) >= 11 is 2.11. The Balaban J connectivity index is 1.93. The van der Waals surface area contributed by atoms with Crippen LogP contribution < -0.4 is 4.72 Å². The zero-order chi connectivity index (χ0) is 21.4. The van der Waals surface area contributed by atoms with Crippen LogP contribution in [0.5, 0.6) is 0 Å². The van der Waals surface area contributed by atoms with Crippen LogP contribution >= 0.6 is 30.3 Å². The van der Waals surface area contributed by atoms with Crippen molar-refractivity contribution in [2.24, 2.45) is 0 Å². The molecule has 156 valence electrons. The lowest BCUT2D eigenvalue weighted by molar-refractivity contribution is -0.0648. The van der Waals surface area contributed by atoms with Gasteiger partial charge in [0.05, 0.1) is 29.0 Å². The Morgan fingerprint density at radius 1 is 1.41 bits per heavy atom. The van der Waals surface area contributed by atoms with E-state index in [-0.39, 0.29) is 27.9 Å². The topological polar surface area (TPSA) is 84.1 Å². The van der Waals surface area contributed by atoms with Crippen LogP contribution in [0.25, 0.3) is 0 Å². The van der Waals surface area contributed by atoms with Crippen molar-refractivity contribution in [3.05, 3.63) is 47.0 Å². The van der Waals surface area contributed by atoms with E-state index in [0.717, 1.165) is 17.3 Å². The second-order valence-corrected chi connectivity index (χ2v) is 11.2. The number of nitriles is 1. The number of sulfonamides is 1. The molecular formula is C19H21FIN3O3S2. The smallest absolute Gasteiger partial charge is 0.263 e. The van der Waals surface area contributed by atoms with Crippen LogP contribution in [0, 0.1) is 17.1 Å². The Kier molecular flexibility index (Phi) is 6.53. The van der Waals surface area contributed by atoms with Gasteiger partial charge in [0.1, 0.15) is 10.7 Å². The minimum Gasteiger partial charge on any atom is -0.372 e. The number of nitrogens with zero attached hydrogens (tertiary/aromatic N) is 2. The summed E-state index contributed by atoms with van der Waals surface area (Å²) in [4.78, 5) is 0.148. The molecule has 3 rings (SSSR count). The van der Waals surface area contributed by atoms with Gasteiger partial charge in [-0.1, -0.05) is 0 Å². The first-order valence-electron chi connectivity index (χ1n) is 8.96. The summed E-state index contributed by atoms with van der Waals surface area (Å²) in [5, 5.41) is 8.85. The highest BCUT2D eigenvalue weighted by Gasteiger charge is 2.32. The second kappa shape index (κ2) is 8.45. The summed E-state index contributed by atoms with van der Waals surface area (Å²) in [6, 6.07) is 5.46. The number of hydrogen-bond donors (Lipinski definition) is 1. The van der Waals surface area contributed by atoms with Gasteiger partial charge in [-0.2, -0.15) is 5.26 Å². The van der Waals surface area contributed by atoms with Crippen LogP contribution in [0.4, 0.5) is 10.1 Å². The predicted octanol–water partition coefficient (Wildman–Crippen LogP) is 4.82. The van der Waals surface area contributed by atoms with Gasteiger partial charge in [-0.05, 0) is 57.4 Å². The fourth-order valence-electron chi connectivity index (χ4n) is 3.40. The molecule has 0 radical (unpaired) electrons. The summed E-state index contributed by atoms with van der Waals surface area (Å²) in [5.41, 5.74) is 1.31. The van der Waals surface area contributed by atoms with E-state index < -0.39 is 15.8 Å². The lowest BCUT2D eigenvalue weighted by Crippen LogP contribution is -2.32. The van der Waals surface area contributed by atoms with Gasteiger partial charge in [0.2, 0.25) is 0 Å². The average Bonchev–Trinajstić information content (AvgIpc) is 3.00. The van der Waals surface area contributed by atoms with Crippen molar-refractivity contribution in [2.75, 3.05) is 4.72 Å². The summed E-state index contributed by atoms with van der Waals surface area (Å²) < 4.78 is 50.5. The summed E-state index contributed by atoms with van der Waals surface area (Å²) in [6.07, 6.45) is 3.48. The molecule has 2 aromatic rings. The molecule has 1 aromatic carbocycles. The maximum atomic E-state index is 14.2. The molecule has 1 aliphatic carbocycles. The fourth-order valence-corrected chi connectivity index (χ4v) is 6.29. The third kappa shape index (κ3) is 5.07. The van der Waals surface area contributed by atoms with Crippen molar-refractivity contribution in [3.63, 3.8) is 0 Å². The first kappa shape index (κ1) is 22.4. The molecule has 0 saturated carbocycles. The number of rotatable bonds is 5. The lowest BCUT2D eigenvalue weighted by atomic mass is 9.95. The van der Waals surface area contributed by atoms with E-state index in [4.69, 9.17) is 10.00 Å². The number of ether oxygens (including phenoxy) is 1. The first-order chi connectivity index (χ1) is 13.5. The predicted molar refractivity (Wildman–Crippen MR) is 120 cm³/mol. The monoisotopic (exact) mass is 549 g/mol. The number of anilines is 1. The van der Waals surface area contributed by atoms with Crippen LogP contribution in [0.2, 0.25) is 0 Å². The molecule has 29 heavy (non-hydrogen) atoms. The minimum atomic E-state index is -3.99. The van der Waals surface area contributed by atoms with E-state index in [1.54, 1.807) is 6.20 Å². The van der Waals surface area contributed by atoms with Gasteiger partial charge in [0.15, 0.2) is 0 Å². The average molecular weight is 549 g/mol. The van der Waals surface area contributed by atoms with E-state index in [1.165, 1.54) is 21.3 Å². The van der Waals surface area contributed by atoms with Gasteiger partial charge in [-0.3, -0.25) is 8.69 Å². The van der Waals surface area contributed by atoms with Crippen LogP contribution in [0.3, 0.4) is 0 Å². The van der Waals surface area contributed by atoms with E-state index in [1.807, 2.05) is 30.8 Å². The van der Waals surface area contributed by atoms with Crippen molar-refractivity contribution in [1.29, 1.82) is 5.26 Å². The summed E-state index contributed by atoms with van der Waals surface area (Å²) in [5.74, 6) is -0.789. The van der Waals surface area contributed by atoms with Crippen LogP contribution in [-0.4, -0.2) is 24.1 Å².